The number of anilines is 2. The van der Waals surface area contributed by atoms with Crippen LogP contribution in [0.1, 0.15) is 30.0 Å². The summed E-state index contributed by atoms with van der Waals surface area (Å²) >= 11 is 6.20. The molecule has 1 aromatic heterocycles. The minimum Gasteiger partial charge on any atom is -0.449 e. The molecule has 7 nitrogen and oxygen atoms in total. The molecule has 3 aromatic rings. The van der Waals surface area contributed by atoms with Gasteiger partial charge >= 0.3 is 0 Å². The van der Waals surface area contributed by atoms with Crippen molar-refractivity contribution in [3.8, 4) is 0 Å². The maximum atomic E-state index is 13.1. The molecule has 0 bridgehead atoms. The van der Waals surface area contributed by atoms with Crippen molar-refractivity contribution in [2.45, 2.75) is 25.7 Å². The molecule has 1 amide bonds. The molecule has 0 aliphatic carbocycles. The number of sulfonamides is 1. The zero-order chi connectivity index (χ0) is 22.9. The molecule has 0 spiro atoms. The zero-order valence-electron chi connectivity index (χ0n) is 18.2. The van der Waals surface area contributed by atoms with Crippen LogP contribution < -0.4 is 10.2 Å². The predicted molar refractivity (Wildman–Crippen MR) is 125 cm³/mol. The van der Waals surface area contributed by atoms with Gasteiger partial charge in [-0.05, 0) is 31.2 Å². The fourth-order valence-electron chi connectivity index (χ4n) is 3.48. The lowest BCUT2D eigenvalue weighted by Gasteiger charge is -2.22. The van der Waals surface area contributed by atoms with Crippen LogP contribution in [0, 0.1) is 6.92 Å². The van der Waals surface area contributed by atoms with E-state index in [9.17, 15) is 13.2 Å². The second-order valence-corrected chi connectivity index (χ2v) is 9.63. The fraction of sp³-hybridized carbons (Fsp3) is 0.318. The van der Waals surface area contributed by atoms with Crippen molar-refractivity contribution in [3.63, 3.8) is 0 Å². The Bertz CT molecular complexity index is 1230. The second kappa shape index (κ2) is 8.90. The Kier molecular flexibility index (Phi) is 6.64. The quantitative estimate of drug-likeness (QED) is 0.547. The first-order chi connectivity index (χ1) is 14.6. The lowest BCUT2D eigenvalue weighted by Crippen LogP contribution is -2.30. The van der Waals surface area contributed by atoms with Gasteiger partial charge in [0.25, 0.3) is 5.91 Å². The van der Waals surface area contributed by atoms with E-state index < -0.39 is 15.9 Å². The van der Waals surface area contributed by atoms with E-state index in [2.05, 4.69) is 5.32 Å². The first-order valence-corrected chi connectivity index (χ1v) is 11.7. The number of nitrogens with one attached hydrogen (secondary N) is 1. The molecule has 0 atom stereocenters. The van der Waals surface area contributed by atoms with E-state index >= 15 is 0 Å². The third-order valence-electron chi connectivity index (χ3n) is 5.16. The molecule has 3 rings (SSSR count). The number of halogens is 1. The number of amides is 1. The molecule has 0 unspecified atom stereocenters. The highest BCUT2D eigenvalue weighted by Gasteiger charge is 2.25. The summed E-state index contributed by atoms with van der Waals surface area (Å²) in [6.07, 6.45) is 0. The molecule has 0 radical (unpaired) electrons. The number of hydrogen-bond acceptors (Lipinski definition) is 5. The van der Waals surface area contributed by atoms with Crippen molar-refractivity contribution in [2.24, 2.45) is 0 Å². The van der Waals surface area contributed by atoms with Gasteiger partial charge in [-0.2, -0.15) is 4.31 Å². The number of furan rings is 1. The summed E-state index contributed by atoms with van der Waals surface area (Å²) in [5, 5.41) is 3.99. The number of aryl methyl sites for hydroxylation is 1. The van der Waals surface area contributed by atoms with Crippen LogP contribution >= 0.6 is 11.6 Å². The first kappa shape index (κ1) is 23.1. The standard InChI is InChI=1S/C22H26ClN3O4S/c1-6-26(7-2)31(28,29)15-11-12-19(25(4)5)18(13-15)24-22(27)20-14(3)16-9-8-10-17(23)21(16)30-20/h8-13H,6-7H2,1-5H3,(H,24,27). The summed E-state index contributed by atoms with van der Waals surface area (Å²) in [5.74, 6) is -0.352. The van der Waals surface area contributed by atoms with Crippen molar-refractivity contribution >= 4 is 49.9 Å². The summed E-state index contributed by atoms with van der Waals surface area (Å²) in [6.45, 7) is 6.07. The number of hydrogen-bond donors (Lipinski definition) is 1. The van der Waals surface area contributed by atoms with Crippen molar-refractivity contribution < 1.29 is 17.6 Å². The highest BCUT2D eigenvalue weighted by Crippen LogP contribution is 2.33. The van der Waals surface area contributed by atoms with Gasteiger partial charge in [-0.3, -0.25) is 4.79 Å². The van der Waals surface area contributed by atoms with Gasteiger partial charge in [0.1, 0.15) is 0 Å². The minimum absolute atomic E-state index is 0.112. The van der Waals surface area contributed by atoms with Crippen LogP contribution in [0.4, 0.5) is 11.4 Å². The third-order valence-corrected chi connectivity index (χ3v) is 7.51. The van der Waals surface area contributed by atoms with Crippen LogP contribution in [-0.4, -0.2) is 45.8 Å². The summed E-state index contributed by atoms with van der Waals surface area (Å²) in [6, 6.07) is 10.0. The van der Waals surface area contributed by atoms with Gasteiger partial charge in [0.2, 0.25) is 10.0 Å². The lowest BCUT2D eigenvalue weighted by molar-refractivity contribution is 0.0998. The van der Waals surface area contributed by atoms with Crippen LogP contribution in [0.25, 0.3) is 11.0 Å². The highest BCUT2D eigenvalue weighted by molar-refractivity contribution is 7.89. The average molecular weight is 464 g/mol. The van der Waals surface area contributed by atoms with Gasteiger partial charge in [-0.15, -0.1) is 0 Å². The van der Waals surface area contributed by atoms with E-state index in [1.165, 1.54) is 10.4 Å². The van der Waals surface area contributed by atoms with Crippen molar-refractivity contribution in [1.29, 1.82) is 0 Å². The Balaban J connectivity index is 2.05. The van der Waals surface area contributed by atoms with E-state index in [4.69, 9.17) is 16.0 Å². The Morgan fingerprint density at radius 2 is 1.81 bits per heavy atom. The summed E-state index contributed by atoms with van der Waals surface area (Å²) in [5.41, 5.74) is 2.14. The van der Waals surface area contributed by atoms with E-state index in [0.29, 0.717) is 40.6 Å². The monoisotopic (exact) mass is 463 g/mol. The van der Waals surface area contributed by atoms with Crippen LogP contribution in [0.2, 0.25) is 5.02 Å². The Morgan fingerprint density at radius 3 is 2.39 bits per heavy atom. The number of benzene rings is 2. The van der Waals surface area contributed by atoms with Gasteiger partial charge < -0.3 is 14.6 Å². The second-order valence-electron chi connectivity index (χ2n) is 7.29. The molecule has 31 heavy (non-hydrogen) atoms. The maximum Gasteiger partial charge on any atom is 0.291 e. The predicted octanol–water partition coefficient (Wildman–Crippen LogP) is 4.74. The molecule has 166 valence electrons. The van der Waals surface area contributed by atoms with Crippen LogP contribution in [0.3, 0.4) is 0 Å². The molecule has 0 aliphatic heterocycles. The molecule has 0 saturated heterocycles. The summed E-state index contributed by atoms with van der Waals surface area (Å²) in [4.78, 5) is 15.0. The number of para-hydroxylation sites is 1. The molecular formula is C22H26ClN3O4S. The number of carbonyl (C=O) groups is 1. The molecule has 0 aliphatic rings. The number of fused-ring (bicyclic) bond motifs is 1. The molecule has 0 fully saturated rings. The van der Waals surface area contributed by atoms with Crippen LogP contribution in [0.5, 0.6) is 0 Å². The largest absolute Gasteiger partial charge is 0.449 e. The van der Waals surface area contributed by atoms with Gasteiger partial charge in [0, 0.05) is 38.1 Å². The van der Waals surface area contributed by atoms with Crippen LogP contribution in [0.15, 0.2) is 45.7 Å². The smallest absolute Gasteiger partial charge is 0.291 e. The number of nitrogens with zero attached hydrogens (tertiary/aromatic N) is 2. The van der Waals surface area contributed by atoms with Gasteiger partial charge in [-0.1, -0.05) is 37.6 Å². The SMILES string of the molecule is CCN(CC)S(=O)(=O)c1ccc(N(C)C)c(NC(=O)c2oc3c(Cl)cccc3c2C)c1. The Morgan fingerprint density at radius 1 is 1.13 bits per heavy atom. The molecule has 2 aromatic carbocycles. The fourth-order valence-corrected chi connectivity index (χ4v) is 5.18. The van der Waals surface area contributed by atoms with E-state index in [1.807, 2.05) is 20.2 Å². The van der Waals surface area contributed by atoms with Gasteiger partial charge in [0.15, 0.2) is 11.3 Å². The number of rotatable bonds is 7. The van der Waals surface area contributed by atoms with E-state index in [0.717, 1.165) is 5.39 Å². The van der Waals surface area contributed by atoms with Gasteiger partial charge in [-0.25, -0.2) is 8.42 Å². The minimum atomic E-state index is -3.68. The van der Waals surface area contributed by atoms with Crippen LogP contribution in [-0.2, 0) is 10.0 Å². The normalized spacial score (nSPS) is 11.8. The highest BCUT2D eigenvalue weighted by atomic mass is 35.5. The zero-order valence-corrected chi connectivity index (χ0v) is 19.8. The summed E-state index contributed by atoms with van der Waals surface area (Å²) in [7, 11) is -0.0478. The number of carbonyl (C=O) groups excluding carboxylic acids is 1. The van der Waals surface area contributed by atoms with E-state index in [1.54, 1.807) is 49.9 Å². The van der Waals surface area contributed by atoms with Crippen molar-refractivity contribution in [2.75, 3.05) is 37.4 Å². The lowest BCUT2D eigenvalue weighted by atomic mass is 10.1. The first-order valence-electron chi connectivity index (χ1n) is 9.92. The molecular weight excluding hydrogens is 438 g/mol. The topological polar surface area (TPSA) is 82.9 Å². The van der Waals surface area contributed by atoms with Gasteiger partial charge in [0.05, 0.1) is 21.3 Å². The molecule has 0 saturated carbocycles. The van der Waals surface area contributed by atoms with Crippen molar-refractivity contribution in [3.05, 3.63) is 52.7 Å². The Labute approximate surface area is 187 Å². The molecule has 1 N–H and O–H groups in total. The molecule has 1 heterocycles. The van der Waals surface area contributed by atoms with Crippen molar-refractivity contribution in [1.82, 2.24) is 4.31 Å². The van der Waals surface area contributed by atoms with E-state index in [-0.39, 0.29) is 10.7 Å². The average Bonchev–Trinajstić information content (AvgIpc) is 3.06. The molecule has 9 heteroatoms. The summed E-state index contributed by atoms with van der Waals surface area (Å²) < 4.78 is 33.0. The maximum absolute atomic E-state index is 13.1. The third kappa shape index (κ3) is 4.28. The Hall–Kier alpha value is -2.55.